The summed E-state index contributed by atoms with van der Waals surface area (Å²) in [6.45, 7) is 0.126. The van der Waals surface area contributed by atoms with E-state index < -0.39 is 17.7 Å². The molecule has 0 amide bonds. The first-order valence-corrected chi connectivity index (χ1v) is 6.27. The molecule has 0 aliphatic carbocycles. The van der Waals surface area contributed by atoms with Gasteiger partial charge in [-0.2, -0.15) is 0 Å². The summed E-state index contributed by atoms with van der Waals surface area (Å²) in [6.07, 6.45) is 0. The van der Waals surface area contributed by atoms with E-state index in [4.69, 9.17) is 22.2 Å². The lowest BCUT2D eigenvalue weighted by Crippen LogP contribution is -2.32. The Hall–Kier alpha value is -1.69. The molecule has 0 heterocycles. The Morgan fingerprint density at radius 2 is 1.70 bits per heavy atom. The van der Waals surface area contributed by atoms with E-state index in [0.717, 1.165) is 6.07 Å². The quantitative estimate of drug-likeness (QED) is 0.658. The normalized spacial score (nSPS) is 12.2. The monoisotopic (exact) mass is 298 g/mol. The van der Waals surface area contributed by atoms with Gasteiger partial charge in [0.1, 0.15) is 24.0 Å². The molecule has 2 rings (SSSR count). The van der Waals surface area contributed by atoms with Crippen LogP contribution in [0.5, 0.6) is 5.75 Å². The van der Waals surface area contributed by atoms with Crippen LogP contribution in [0.4, 0.5) is 8.78 Å². The van der Waals surface area contributed by atoms with Crippen LogP contribution in [0, 0.1) is 11.6 Å². The smallest absolute Gasteiger partial charge is 0.126 e. The summed E-state index contributed by atoms with van der Waals surface area (Å²) in [5.41, 5.74) is 2.84. The average molecular weight is 299 g/mol. The predicted molar refractivity (Wildman–Crippen MR) is 73.4 cm³/mol. The number of hydrogen-bond donors (Lipinski definition) is 2. The van der Waals surface area contributed by atoms with E-state index in [1.807, 2.05) is 0 Å². The van der Waals surface area contributed by atoms with Gasteiger partial charge in [-0.1, -0.05) is 11.6 Å². The predicted octanol–water partition coefficient (Wildman–Crippen LogP) is 3.20. The summed E-state index contributed by atoms with van der Waals surface area (Å²) in [5.74, 6) is 4.67. The van der Waals surface area contributed by atoms with Gasteiger partial charge in [-0.25, -0.2) is 14.2 Å². The van der Waals surface area contributed by atoms with Gasteiger partial charge in [-0.3, -0.25) is 5.84 Å². The zero-order valence-electron chi connectivity index (χ0n) is 10.4. The van der Waals surface area contributed by atoms with Crippen molar-refractivity contribution >= 4 is 11.6 Å². The van der Waals surface area contributed by atoms with Gasteiger partial charge in [0.25, 0.3) is 0 Å². The van der Waals surface area contributed by atoms with Gasteiger partial charge in [0.15, 0.2) is 0 Å². The first kappa shape index (κ1) is 14.7. The molecule has 3 N–H and O–H groups in total. The van der Waals surface area contributed by atoms with E-state index in [-0.39, 0.29) is 6.61 Å². The van der Waals surface area contributed by atoms with Gasteiger partial charge in [0, 0.05) is 11.1 Å². The Morgan fingerprint density at radius 1 is 1.10 bits per heavy atom. The van der Waals surface area contributed by atoms with E-state index in [9.17, 15) is 8.78 Å². The maximum absolute atomic E-state index is 13.2. The van der Waals surface area contributed by atoms with Crippen molar-refractivity contribution in [3.63, 3.8) is 0 Å². The highest BCUT2D eigenvalue weighted by Gasteiger charge is 2.13. The van der Waals surface area contributed by atoms with Crippen molar-refractivity contribution in [2.45, 2.75) is 6.04 Å². The Bertz CT molecular complexity index is 558. The minimum Gasteiger partial charge on any atom is -0.492 e. The average Bonchev–Trinajstić information content (AvgIpc) is 2.40. The fourth-order valence-corrected chi connectivity index (χ4v) is 1.85. The van der Waals surface area contributed by atoms with Crippen LogP contribution in [-0.4, -0.2) is 6.61 Å². The topological polar surface area (TPSA) is 47.3 Å². The van der Waals surface area contributed by atoms with Crippen LogP contribution in [-0.2, 0) is 0 Å². The van der Waals surface area contributed by atoms with Crippen LogP contribution in [0.25, 0.3) is 0 Å². The Kier molecular flexibility index (Phi) is 4.89. The van der Waals surface area contributed by atoms with Crippen LogP contribution in [0.1, 0.15) is 11.6 Å². The number of ether oxygens (including phenoxy) is 1. The molecule has 0 radical (unpaired) electrons. The van der Waals surface area contributed by atoms with Crippen molar-refractivity contribution in [2.24, 2.45) is 5.84 Å². The fraction of sp³-hybridized carbons (Fsp3) is 0.143. The van der Waals surface area contributed by atoms with Crippen molar-refractivity contribution in [3.05, 3.63) is 64.7 Å². The van der Waals surface area contributed by atoms with Crippen molar-refractivity contribution in [1.29, 1.82) is 0 Å². The molecule has 0 spiro atoms. The van der Waals surface area contributed by atoms with Gasteiger partial charge < -0.3 is 4.74 Å². The second-order valence-electron chi connectivity index (χ2n) is 4.19. The molecule has 0 aliphatic rings. The molecule has 1 atom stereocenters. The van der Waals surface area contributed by atoms with Gasteiger partial charge in [0.2, 0.25) is 0 Å². The zero-order chi connectivity index (χ0) is 14.5. The van der Waals surface area contributed by atoms with Gasteiger partial charge >= 0.3 is 0 Å². The second-order valence-corrected chi connectivity index (χ2v) is 4.62. The lowest BCUT2D eigenvalue weighted by molar-refractivity contribution is 0.267. The second kappa shape index (κ2) is 6.65. The van der Waals surface area contributed by atoms with E-state index in [0.29, 0.717) is 16.3 Å². The molecule has 0 saturated carbocycles. The molecule has 2 aromatic rings. The highest BCUT2D eigenvalue weighted by molar-refractivity contribution is 6.30. The Labute approximate surface area is 120 Å². The number of benzene rings is 2. The standard InChI is InChI=1S/C14H13ClF2N2O/c15-10-1-3-13(4-2-10)20-8-14(19-18)9-5-11(16)7-12(17)6-9/h1-7,14,19H,8,18H2. The van der Waals surface area contributed by atoms with Crippen molar-refractivity contribution < 1.29 is 13.5 Å². The van der Waals surface area contributed by atoms with Crippen LogP contribution in [0.15, 0.2) is 42.5 Å². The maximum atomic E-state index is 13.2. The Morgan fingerprint density at radius 3 is 2.25 bits per heavy atom. The summed E-state index contributed by atoms with van der Waals surface area (Å²) in [4.78, 5) is 0. The van der Waals surface area contributed by atoms with Crippen molar-refractivity contribution in [3.8, 4) is 5.75 Å². The van der Waals surface area contributed by atoms with Crippen LogP contribution in [0.3, 0.4) is 0 Å². The highest BCUT2D eigenvalue weighted by Crippen LogP contribution is 2.19. The minimum atomic E-state index is -0.660. The number of nitrogens with one attached hydrogen (secondary N) is 1. The minimum absolute atomic E-state index is 0.126. The molecule has 0 aliphatic heterocycles. The number of nitrogens with two attached hydrogens (primary N) is 1. The van der Waals surface area contributed by atoms with Crippen molar-refractivity contribution in [1.82, 2.24) is 5.43 Å². The zero-order valence-corrected chi connectivity index (χ0v) is 11.2. The summed E-state index contributed by atoms with van der Waals surface area (Å²) in [5, 5.41) is 0.595. The molecule has 0 aromatic heterocycles. The van der Waals surface area contributed by atoms with E-state index in [2.05, 4.69) is 5.43 Å². The summed E-state index contributed by atoms with van der Waals surface area (Å²) < 4.78 is 31.8. The molecular formula is C14H13ClF2N2O. The number of hydrazine groups is 1. The number of halogens is 3. The molecule has 1 unspecified atom stereocenters. The molecule has 6 heteroatoms. The molecule has 0 fully saturated rings. The van der Waals surface area contributed by atoms with E-state index >= 15 is 0 Å². The number of hydrogen-bond acceptors (Lipinski definition) is 3. The lowest BCUT2D eigenvalue weighted by atomic mass is 10.1. The van der Waals surface area contributed by atoms with Crippen LogP contribution >= 0.6 is 11.6 Å². The van der Waals surface area contributed by atoms with Gasteiger partial charge in [-0.15, -0.1) is 0 Å². The van der Waals surface area contributed by atoms with Gasteiger partial charge in [0.05, 0.1) is 6.04 Å². The third-order valence-electron chi connectivity index (χ3n) is 2.72. The molecule has 0 bridgehead atoms. The first-order valence-electron chi connectivity index (χ1n) is 5.89. The third-order valence-corrected chi connectivity index (χ3v) is 2.97. The van der Waals surface area contributed by atoms with Gasteiger partial charge in [-0.05, 0) is 42.0 Å². The third kappa shape index (κ3) is 3.90. The summed E-state index contributed by atoms with van der Waals surface area (Å²) in [6, 6.07) is 9.45. The van der Waals surface area contributed by atoms with E-state index in [1.165, 1.54) is 12.1 Å². The SMILES string of the molecule is NNC(COc1ccc(Cl)cc1)c1cc(F)cc(F)c1. The van der Waals surface area contributed by atoms with Crippen molar-refractivity contribution in [2.75, 3.05) is 6.61 Å². The number of rotatable bonds is 5. The molecule has 106 valence electrons. The van der Waals surface area contributed by atoms with Crippen LogP contribution in [0.2, 0.25) is 5.02 Å². The largest absolute Gasteiger partial charge is 0.492 e. The molecule has 0 saturated heterocycles. The highest BCUT2D eigenvalue weighted by atomic mass is 35.5. The van der Waals surface area contributed by atoms with Crippen LogP contribution < -0.4 is 16.0 Å². The van der Waals surface area contributed by atoms with E-state index in [1.54, 1.807) is 24.3 Å². The first-order chi connectivity index (χ1) is 9.58. The molecule has 2 aromatic carbocycles. The summed E-state index contributed by atoms with van der Waals surface area (Å²) in [7, 11) is 0. The Balaban J connectivity index is 2.07. The maximum Gasteiger partial charge on any atom is 0.126 e. The fourth-order valence-electron chi connectivity index (χ4n) is 1.73. The molecule has 3 nitrogen and oxygen atoms in total. The molecular weight excluding hydrogens is 286 g/mol. The lowest BCUT2D eigenvalue weighted by Gasteiger charge is -2.17. The summed E-state index contributed by atoms with van der Waals surface area (Å²) >= 11 is 5.76. The molecule has 20 heavy (non-hydrogen) atoms.